The predicted molar refractivity (Wildman–Crippen MR) is 84.6 cm³/mol. The molecule has 0 aliphatic carbocycles. The first kappa shape index (κ1) is 12.6. The van der Waals surface area contributed by atoms with Crippen LogP contribution in [0, 0.1) is 0 Å². The van der Waals surface area contributed by atoms with Crippen LogP contribution in [0.5, 0.6) is 0 Å². The van der Waals surface area contributed by atoms with Gasteiger partial charge in [0.25, 0.3) is 0 Å². The quantitative estimate of drug-likeness (QED) is 0.677. The number of benzene rings is 2. The summed E-state index contributed by atoms with van der Waals surface area (Å²) < 4.78 is 3.27. The number of fused-ring (bicyclic) bond motifs is 1. The average molecular weight is 336 g/mol. The average Bonchev–Trinajstić information content (AvgIpc) is 2.75. The Bertz CT molecular complexity index is 749. The monoisotopic (exact) mass is 334 g/mol. The van der Waals surface area contributed by atoms with Gasteiger partial charge in [-0.25, -0.2) is 0 Å². The van der Waals surface area contributed by atoms with Crippen LogP contribution in [-0.4, -0.2) is 4.57 Å². The number of nitrogens with zero attached hydrogens (tertiary/aromatic N) is 1. The van der Waals surface area contributed by atoms with E-state index in [9.17, 15) is 0 Å². The Labute approximate surface area is 124 Å². The minimum Gasteiger partial charge on any atom is -0.398 e. The van der Waals surface area contributed by atoms with Gasteiger partial charge in [0.15, 0.2) is 0 Å². The SMILES string of the molecule is Nc1cc(Cl)ccc1Cn1ccc2cc(Br)ccc21. The molecular formula is C15H12BrClN2. The molecule has 0 bridgehead atoms. The first-order chi connectivity index (χ1) is 9.13. The lowest BCUT2D eigenvalue weighted by Crippen LogP contribution is -2.01. The molecule has 0 saturated carbocycles. The second kappa shape index (κ2) is 4.91. The summed E-state index contributed by atoms with van der Waals surface area (Å²) in [5.41, 5.74) is 9.00. The summed E-state index contributed by atoms with van der Waals surface area (Å²) >= 11 is 9.40. The Morgan fingerprint density at radius 2 is 1.95 bits per heavy atom. The smallest absolute Gasteiger partial charge is 0.0496 e. The van der Waals surface area contributed by atoms with Crippen molar-refractivity contribution in [2.75, 3.05) is 5.73 Å². The molecule has 0 spiro atoms. The second-order valence-corrected chi connectivity index (χ2v) is 5.84. The van der Waals surface area contributed by atoms with E-state index in [0.29, 0.717) is 5.02 Å². The van der Waals surface area contributed by atoms with Crippen molar-refractivity contribution >= 4 is 44.1 Å². The fourth-order valence-electron chi connectivity index (χ4n) is 2.20. The predicted octanol–water partition coefficient (Wildman–Crippen LogP) is 4.69. The molecule has 3 rings (SSSR count). The molecule has 0 radical (unpaired) electrons. The molecule has 0 amide bonds. The van der Waals surface area contributed by atoms with Gasteiger partial charge < -0.3 is 10.3 Å². The fraction of sp³-hybridized carbons (Fsp3) is 0.0667. The number of hydrogen-bond acceptors (Lipinski definition) is 1. The Morgan fingerprint density at radius 1 is 1.11 bits per heavy atom. The number of nitrogen functional groups attached to an aromatic ring is 1. The number of rotatable bonds is 2. The third kappa shape index (κ3) is 2.48. The van der Waals surface area contributed by atoms with Crippen LogP contribution >= 0.6 is 27.5 Å². The lowest BCUT2D eigenvalue weighted by atomic mass is 10.2. The van der Waals surface area contributed by atoms with E-state index in [-0.39, 0.29) is 0 Å². The Morgan fingerprint density at radius 3 is 2.74 bits per heavy atom. The fourth-order valence-corrected chi connectivity index (χ4v) is 2.76. The molecule has 0 aliphatic rings. The van der Waals surface area contributed by atoms with Gasteiger partial charge in [-0.2, -0.15) is 0 Å². The van der Waals surface area contributed by atoms with Crippen LogP contribution in [0.2, 0.25) is 5.02 Å². The zero-order chi connectivity index (χ0) is 13.4. The molecule has 19 heavy (non-hydrogen) atoms. The summed E-state index contributed by atoms with van der Waals surface area (Å²) in [7, 11) is 0. The Hall–Kier alpha value is -1.45. The number of aromatic nitrogens is 1. The third-order valence-corrected chi connectivity index (χ3v) is 3.91. The molecule has 2 N–H and O–H groups in total. The highest BCUT2D eigenvalue weighted by atomic mass is 79.9. The van der Waals surface area contributed by atoms with Gasteiger partial charge in [0.1, 0.15) is 0 Å². The molecule has 0 unspecified atom stereocenters. The molecule has 4 heteroatoms. The van der Waals surface area contributed by atoms with Gasteiger partial charge >= 0.3 is 0 Å². The molecule has 2 aromatic carbocycles. The highest BCUT2D eigenvalue weighted by Gasteiger charge is 2.05. The number of anilines is 1. The van der Waals surface area contributed by atoms with E-state index in [1.165, 1.54) is 10.9 Å². The van der Waals surface area contributed by atoms with Crippen molar-refractivity contribution in [3.05, 3.63) is 63.7 Å². The zero-order valence-electron chi connectivity index (χ0n) is 10.1. The lowest BCUT2D eigenvalue weighted by Gasteiger charge is -2.09. The van der Waals surface area contributed by atoms with E-state index in [1.54, 1.807) is 6.07 Å². The third-order valence-electron chi connectivity index (χ3n) is 3.18. The largest absolute Gasteiger partial charge is 0.398 e. The van der Waals surface area contributed by atoms with E-state index in [0.717, 1.165) is 22.3 Å². The summed E-state index contributed by atoms with van der Waals surface area (Å²) in [6.45, 7) is 0.744. The van der Waals surface area contributed by atoms with Gasteiger partial charge in [0.05, 0.1) is 0 Å². The van der Waals surface area contributed by atoms with E-state index in [4.69, 9.17) is 17.3 Å². The van der Waals surface area contributed by atoms with Crippen molar-refractivity contribution in [1.29, 1.82) is 0 Å². The van der Waals surface area contributed by atoms with Crippen LogP contribution in [0.3, 0.4) is 0 Å². The van der Waals surface area contributed by atoms with E-state index < -0.39 is 0 Å². The van der Waals surface area contributed by atoms with Crippen molar-refractivity contribution in [3.8, 4) is 0 Å². The molecule has 0 aliphatic heterocycles. The molecule has 3 aromatic rings. The van der Waals surface area contributed by atoms with Crippen molar-refractivity contribution in [1.82, 2.24) is 4.57 Å². The molecule has 2 nitrogen and oxygen atoms in total. The molecule has 96 valence electrons. The van der Waals surface area contributed by atoms with Crippen LogP contribution < -0.4 is 5.73 Å². The van der Waals surface area contributed by atoms with Gasteiger partial charge in [0.2, 0.25) is 0 Å². The van der Waals surface area contributed by atoms with Crippen LogP contribution in [0.15, 0.2) is 53.1 Å². The highest BCUT2D eigenvalue weighted by Crippen LogP contribution is 2.24. The normalized spacial score (nSPS) is 11.1. The van der Waals surface area contributed by atoms with Gasteiger partial charge in [-0.05, 0) is 42.0 Å². The van der Waals surface area contributed by atoms with E-state index in [1.807, 2.05) is 18.2 Å². The maximum Gasteiger partial charge on any atom is 0.0496 e. The first-order valence-electron chi connectivity index (χ1n) is 5.92. The van der Waals surface area contributed by atoms with Crippen LogP contribution in [0.25, 0.3) is 10.9 Å². The first-order valence-corrected chi connectivity index (χ1v) is 7.09. The zero-order valence-corrected chi connectivity index (χ0v) is 12.4. The Balaban J connectivity index is 2.01. The molecule has 0 atom stereocenters. The topological polar surface area (TPSA) is 30.9 Å². The molecule has 0 saturated heterocycles. The summed E-state index contributed by atoms with van der Waals surface area (Å²) in [6.07, 6.45) is 2.07. The summed E-state index contributed by atoms with van der Waals surface area (Å²) in [5, 5.41) is 1.88. The van der Waals surface area contributed by atoms with Crippen molar-refractivity contribution < 1.29 is 0 Å². The standard InChI is InChI=1S/C15H12BrClN2/c16-12-2-4-15-10(7-12)5-6-19(15)9-11-1-3-13(17)8-14(11)18/h1-8H,9,18H2. The van der Waals surface area contributed by atoms with Crippen LogP contribution in [-0.2, 0) is 6.54 Å². The molecule has 1 aromatic heterocycles. The van der Waals surface area contributed by atoms with E-state index >= 15 is 0 Å². The summed E-state index contributed by atoms with van der Waals surface area (Å²) in [6, 6.07) is 14.0. The maximum absolute atomic E-state index is 6.00. The van der Waals surface area contributed by atoms with Crippen LogP contribution in [0.4, 0.5) is 5.69 Å². The van der Waals surface area contributed by atoms with Crippen LogP contribution in [0.1, 0.15) is 5.56 Å². The highest BCUT2D eigenvalue weighted by molar-refractivity contribution is 9.10. The number of nitrogens with two attached hydrogens (primary N) is 1. The molecular weight excluding hydrogens is 324 g/mol. The van der Waals surface area contributed by atoms with Crippen molar-refractivity contribution in [2.24, 2.45) is 0 Å². The maximum atomic E-state index is 6.00. The van der Waals surface area contributed by atoms with Crippen molar-refractivity contribution in [3.63, 3.8) is 0 Å². The van der Waals surface area contributed by atoms with Gasteiger partial charge in [-0.15, -0.1) is 0 Å². The minimum absolute atomic E-state index is 0.669. The van der Waals surface area contributed by atoms with E-state index in [2.05, 4.69) is 44.9 Å². The van der Waals surface area contributed by atoms with Crippen molar-refractivity contribution in [2.45, 2.75) is 6.54 Å². The number of halogens is 2. The van der Waals surface area contributed by atoms with Gasteiger partial charge in [-0.1, -0.05) is 33.6 Å². The Kier molecular flexibility index (Phi) is 3.25. The van der Waals surface area contributed by atoms with Gasteiger partial charge in [-0.3, -0.25) is 0 Å². The lowest BCUT2D eigenvalue weighted by molar-refractivity contribution is 0.839. The summed E-state index contributed by atoms with van der Waals surface area (Å²) in [4.78, 5) is 0. The summed E-state index contributed by atoms with van der Waals surface area (Å²) in [5.74, 6) is 0. The van der Waals surface area contributed by atoms with Gasteiger partial charge in [0, 0.05) is 38.8 Å². The molecule has 1 heterocycles. The second-order valence-electron chi connectivity index (χ2n) is 4.49. The minimum atomic E-state index is 0.669. The number of hydrogen-bond donors (Lipinski definition) is 1. The molecule has 0 fully saturated rings.